The second-order valence-corrected chi connectivity index (χ2v) is 7.17. The highest BCUT2D eigenvalue weighted by Gasteiger charge is 2.11. The van der Waals surface area contributed by atoms with Gasteiger partial charge in [-0.2, -0.15) is 0 Å². The van der Waals surface area contributed by atoms with E-state index in [0.717, 1.165) is 21.3 Å². The Labute approximate surface area is 168 Å². The first kappa shape index (κ1) is 19.8. The van der Waals surface area contributed by atoms with Crippen LogP contribution in [0, 0.1) is 0 Å². The molecule has 0 spiro atoms. The molecule has 1 amide bonds. The Bertz CT molecular complexity index is 956. The highest BCUT2D eigenvalue weighted by atomic mass is 32.2. The average Bonchev–Trinajstić information content (AvgIpc) is 3.12. The molecule has 0 aliphatic rings. The van der Waals surface area contributed by atoms with Gasteiger partial charge in [-0.05, 0) is 48.0 Å². The van der Waals surface area contributed by atoms with Crippen LogP contribution in [-0.4, -0.2) is 29.7 Å². The maximum atomic E-state index is 12.5. The van der Waals surface area contributed by atoms with Gasteiger partial charge in [-0.15, -0.1) is 0 Å². The molecule has 0 unspecified atom stereocenters. The molecule has 6 nitrogen and oxygen atoms in total. The van der Waals surface area contributed by atoms with Crippen LogP contribution >= 0.6 is 11.8 Å². The summed E-state index contributed by atoms with van der Waals surface area (Å²) in [7, 11) is 5.15. The van der Waals surface area contributed by atoms with E-state index in [2.05, 4.69) is 10.3 Å². The van der Waals surface area contributed by atoms with Gasteiger partial charge >= 0.3 is 0 Å². The number of aryl methyl sites for hydroxylation is 2. The van der Waals surface area contributed by atoms with E-state index >= 15 is 0 Å². The van der Waals surface area contributed by atoms with E-state index in [1.165, 1.54) is 11.8 Å². The van der Waals surface area contributed by atoms with Crippen molar-refractivity contribution in [2.75, 3.05) is 19.5 Å². The lowest BCUT2D eigenvalue weighted by Gasteiger charge is -2.11. The van der Waals surface area contributed by atoms with Gasteiger partial charge in [0.25, 0.3) is 0 Å². The fourth-order valence-electron chi connectivity index (χ4n) is 2.71. The van der Waals surface area contributed by atoms with Crippen molar-refractivity contribution < 1.29 is 14.3 Å². The predicted molar refractivity (Wildman–Crippen MR) is 110 cm³/mol. The van der Waals surface area contributed by atoms with Crippen LogP contribution in [0.2, 0.25) is 0 Å². The van der Waals surface area contributed by atoms with Crippen LogP contribution in [-0.2, 0) is 18.3 Å². The number of hydrogen-bond acceptors (Lipinski definition) is 5. The third-order valence-corrected chi connectivity index (χ3v) is 5.38. The van der Waals surface area contributed by atoms with Gasteiger partial charge in [0.15, 0.2) is 16.7 Å². The van der Waals surface area contributed by atoms with Gasteiger partial charge in [-0.25, -0.2) is 4.98 Å². The van der Waals surface area contributed by atoms with Crippen molar-refractivity contribution in [1.29, 1.82) is 0 Å². The van der Waals surface area contributed by atoms with E-state index in [-0.39, 0.29) is 5.91 Å². The van der Waals surface area contributed by atoms with E-state index in [9.17, 15) is 4.79 Å². The monoisotopic (exact) mass is 397 g/mol. The maximum absolute atomic E-state index is 12.5. The normalized spacial score (nSPS) is 10.5. The number of aromatic nitrogens is 2. The van der Waals surface area contributed by atoms with E-state index in [0.29, 0.717) is 24.3 Å². The molecule has 1 N–H and O–H groups in total. The number of rotatable bonds is 8. The molecule has 7 heteroatoms. The minimum Gasteiger partial charge on any atom is -0.493 e. The lowest BCUT2D eigenvalue weighted by atomic mass is 10.1. The number of nitrogens with zero attached hydrogens (tertiary/aromatic N) is 2. The van der Waals surface area contributed by atoms with Crippen molar-refractivity contribution in [2.24, 2.45) is 7.05 Å². The molecular formula is C21H23N3O3S. The lowest BCUT2D eigenvalue weighted by molar-refractivity contribution is -0.116. The Kier molecular flexibility index (Phi) is 6.60. The molecule has 3 aromatic rings. The van der Waals surface area contributed by atoms with Crippen LogP contribution in [0.4, 0.5) is 5.69 Å². The van der Waals surface area contributed by atoms with Gasteiger partial charge in [0.05, 0.1) is 19.9 Å². The number of carbonyl (C=O) groups excluding carboxylic acids is 1. The number of imidazole rings is 1. The summed E-state index contributed by atoms with van der Waals surface area (Å²) in [5, 5.41) is 3.88. The first-order valence-corrected chi connectivity index (χ1v) is 9.67. The molecule has 0 saturated carbocycles. The lowest BCUT2D eigenvalue weighted by Crippen LogP contribution is -2.13. The molecule has 3 rings (SSSR count). The van der Waals surface area contributed by atoms with Crippen LogP contribution in [0.1, 0.15) is 12.0 Å². The molecule has 0 aliphatic heterocycles. The Hall–Kier alpha value is -2.93. The maximum Gasteiger partial charge on any atom is 0.224 e. The second kappa shape index (κ2) is 9.32. The van der Waals surface area contributed by atoms with E-state index in [4.69, 9.17) is 9.47 Å². The van der Waals surface area contributed by atoms with Crippen LogP contribution in [0.5, 0.6) is 11.5 Å². The third-order valence-electron chi connectivity index (χ3n) is 4.23. The molecule has 2 aromatic carbocycles. The molecule has 0 fully saturated rings. The molecular weight excluding hydrogens is 374 g/mol. The molecule has 0 atom stereocenters. The summed E-state index contributed by atoms with van der Waals surface area (Å²) in [5.74, 6) is 1.30. The van der Waals surface area contributed by atoms with Crippen molar-refractivity contribution in [2.45, 2.75) is 22.9 Å². The van der Waals surface area contributed by atoms with Gasteiger partial charge < -0.3 is 19.4 Å². The van der Waals surface area contributed by atoms with Crippen molar-refractivity contribution in [3.8, 4) is 11.5 Å². The largest absolute Gasteiger partial charge is 0.493 e. The van der Waals surface area contributed by atoms with Gasteiger partial charge in [-0.3, -0.25) is 4.79 Å². The molecule has 0 saturated heterocycles. The summed E-state index contributed by atoms with van der Waals surface area (Å²) in [4.78, 5) is 17.8. The Balaban J connectivity index is 1.63. The Morgan fingerprint density at radius 2 is 1.93 bits per heavy atom. The second-order valence-electron chi connectivity index (χ2n) is 6.16. The predicted octanol–water partition coefficient (Wildman–Crippen LogP) is 4.16. The SMILES string of the molecule is COc1ccc(CCC(=O)Nc2ccccc2Sc2nccn2C)cc1OC. The minimum absolute atomic E-state index is 0.0392. The summed E-state index contributed by atoms with van der Waals surface area (Å²) >= 11 is 1.52. The van der Waals surface area contributed by atoms with Crippen LogP contribution in [0.25, 0.3) is 0 Å². The van der Waals surface area contributed by atoms with E-state index in [1.807, 2.05) is 60.3 Å². The Morgan fingerprint density at radius 1 is 1.14 bits per heavy atom. The fourth-order valence-corrected chi connectivity index (χ4v) is 3.60. The van der Waals surface area contributed by atoms with Crippen LogP contribution < -0.4 is 14.8 Å². The quantitative estimate of drug-likeness (QED) is 0.618. The molecule has 0 bridgehead atoms. The van der Waals surface area contributed by atoms with Crippen molar-refractivity contribution in [1.82, 2.24) is 9.55 Å². The number of carbonyl (C=O) groups is 1. The average molecular weight is 398 g/mol. The van der Waals surface area contributed by atoms with E-state index in [1.54, 1.807) is 20.4 Å². The highest BCUT2D eigenvalue weighted by Crippen LogP contribution is 2.32. The van der Waals surface area contributed by atoms with Crippen LogP contribution in [0.3, 0.4) is 0 Å². The molecule has 0 radical (unpaired) electrons. The number of amides is 1. The van der Waals surface area contributed by atoms with Gasteiger partial charge in [0.2, 0.25) is 5.91 Å². The number of para-hydroxylation sites is 1. The zero-order valence-corrected chi connectivity index (χ0v) is 17.0. The zero-order chi connectivity index (χ0) is 19.9. The number of benzene rings is 2. The molecule has 0 aliphatic carbocycles. The summed E-state index contributed by atoms with van der Waals surface area (Å²) in [6.45, 7) is 0. The Morgan fingerprint density at radius 3 is 2.64 bits per heavy atom. The van der Waals surface area contributed by atoms with Gasteiger partial charge in [0.1, 0.15) is 0 Å². The van der Waals surface area contributed by atoms with Crippen molar-refractivity contribution in [3.05, 3.63) is 60.4 Å². The molecule has 1 aromatic heterocycles. The number of methoxy groups -OCH3 is 2. The first-order valence-electron chi connectivity index (χ1n) is 8.85. The summed E-state index contributed by atoms with van der Waals surface area (Å²) in [6, 6.07) is 13.4. The number of hydrogen-bond donors (Lipinski definition) is 1. The summed E-state index contributed by atoms with van der Waals surface area (Å²) in [5.41, 5.74) is 1.80. The topological polar surface area (TPSA) is 65.4 Å². The fraction of sp³-hybridized carbons (Fsp3) is 0.238. The number of anilines is 1. The third kappa shape index (κ3) is 4.86. The number of ether oxygens (including phenoxy) is 2. The van der Waals surface area contributed by atoms with Crippen molar-refractivity contribution >= 4 is 23.4 Å². The smallest absolute Gasteiger partial charge is 0.224 e. The zero-order valence-electron chi connectivity index (χ0n) is 16.1. The molecule has 146 valence electrons. The first-order chi connectivity index (χ1) is 13.6. The molecule has 1 heterocycles. The minimum atomic E-state index is -0.0392. The van der Waals surface area contributed by atoms with Gasteiger partial charge in [-0.1, -0.05) is 18.2 Å². The summed E-state index contributed by atoms with van der Waals surface area (Å²) in [6.07, 6.45) is 4.64. The van der Waals surface area contributed by atoms with E-state index < -0.39 is 0 Å². The summed E-state index contributed by atoms with van der Waals surface area (Å²) < 4.78 is 12.5. The standard InChI is InChI=1S/C21H23N3O3S/c1-24-13-12-22-21(24)28-19-7-5-4-6-16(19)23-20(25)11-9-15-8-10-17(26-2)18(14-15)27-3/h4-8,10,12-14H,9,11H2,1-3H3,(H,23,25). The molecule has 28 heavy (non-hydrogen) atoms. The van der Waals surface area contributed by atoms with Crippen LogP contribution in [0.15, 0.2) is 64.9 Å². The highest BCUT2D eigenvalue weighted by molar-refractivity contribution is 7.99. The van der Waals surface area contributed by atoms with Gasteiger partial charge in [0, 0.05) is 30.8 Å². The number of nitrogens with one attached hydrogen (secondary N) is 1. The van der Waals surface area contributed by atoms with Crippen molar-refractivity contribution in [3.63, 3.8) is 0 Å².